The van der Waals surface area contributed by atoms with Gasteiger partial charge < -0.3 is 5.32 Å². The first-order valence-corrected chi connectivity index (χ1v) is 9.14. The maximum absolute atomic E-state index is 12.3. The van der Waals surface area contributed by atoms with Crippen LogP contribution in [-0.2, 0) is 0 Å². The summed E-state index contributed by atoms with van der Waals surface area (Å²) >= 11 is 5.78. The van der Waals surface area contributed by atoms with Crippen LogP contribution in [-0.4, -0.2) is 17.7 Å². The van der Waals surface area contributed by atoms with Crippen LogP contribution in [0.3, 0.4) is 0 Å². The lowest BCUT2D eigenvalue weighted by molar-refractivity contribution is 0.0846. The second kappa shape index (κ2) is 9.03. The molecule has 7 heteroatoms. The molecule has 0 aliphatic rings. The van der Waals surface area contributed by atoms with Crippen LogP contribution in [0.2, 0.25) is 5.02 Å². The molecule has 3 amide bonds. The van der Waals surface area contributed by atoms with Crippen molar-refractivity contribution in [3.05, 3.63) is 100 Å². The first-order valence-electron chi connectivity index (χ1n) is 8.77. The molecule has 0 fully saturated rings. The van der Waals surface area contributed by atoms with Gasteiger partial charge in [0.1, 0.15) is 0 Å². The van der Waals surface area contributed by atoms with Gasteiger partial charge in [0.25, 0.3) is 17.7 Å². The van der Waals surface area contributed by atoms with E-state index in [1.165, 1.54) is 0 Å². The van der Waals surface area contributed by atoms with Gasteiger partial charge in [-0.2, -0.15) is 0 Å². The first kappa shape index (κ1) is 20.1. The Morgan fingerprint density at radius 1 is 0.690 bits per heavy atom. The van der Waals surface area contributed by atoms with Crippen LogP contribution in [0.25, 0.3) is 0 Å². The largest absolute Gasteiger partial charge is 0.322 e. The molecule has 0 bridgehead atoms. The smallest absolute Gasteiger partial charge is 0.269 e. The minimum absolute atomic E-state index is 0.235. The Morgan fingerprint density at radius 2 is 1.24 bits per heavy atom. The number of rotatable bonds is 4. The summed E-state index contributed by atoms with van der Waals surface area (Å²) in [5, 5.41) is 3.29. The Bertz CT molecular complexity index is 1050. The number of carbonyl (C=O) groups excluding carboxylic acids is 3. The quantitative estimate of drug-likeness (QED) is 0.572. The van der Waals surface area contributed by atoms with Crippen LogP contribution in [0.5, 0.6) is 0 Å². The van der Waals surface area contributed by atoms with Gasteiger partial charge in [0.2, 0.25) is 0 Å². The number of amides is 3. The summed E-state index contributed by atoms with van der Waals surface area (Å²) in [6.45, 7) is 1.91. The van der Waals surface area contributed by atoms with Gasteiger partial charge >= 0.3 is 0 Å². The van der Waals surface area contributed by atoms with Crippen LogP contribution in [0.4, 0.5) is 5.69 Å². The van der Waals surface area contributed by atoms with Crippen LogP contribution >= 0.6 is 11.6 Å². The van der Waals surface area contributed by atoms with E-state index in [2.05, 4.69) is 16.2 Å². The van der Waals surface area contributed by atoms with Gasteiger partial charge in [-0.05, 0) is 67.6 Å². The molecule has 3 aromatic rings. The van der Waals surface area contributed by atoms with Gasteiger partial charge in [0.15, 0.2) is 0 Å². The van der Waals surface area contributed by atoms with Crippen molar-refractivity contribution in [1.82, 2.24) is 10.9 Å². The molecule has 0 aromatic heterocycles. The van der Waals surface area contributed by atoms with Crippen molar-refractivity contribution in [1.29, 1.82) is 0 Å². The Kier molecular flexibility index (Phi) is 6.26. The molecular formula is C22H18ClN3O3. The number of benzene rings is 3. The second-order valence-electron chi connectivity index (χ2n) is 6.32. The van der Waals surface area contributed by atoms with E-state index in [1.54, 1.807) is 60.7 Å². The Hall–Kier alpha value is -3.64. The fourth-order valence-electron chi connectivity index (χ4n) is 2.55. The normalized spacial score (nSPS) is 10.1. The molecule has 3 aromatic carbocycles. The lowest BCUT2D eigenvalue weighted by atomic mass is 10.1. The zero-order valence-electron chi connectivity index (χ0n) is 15.5. The van der Waals surface area contributed by atoms with Crippen molar-refractivity contribution in [2.45, 2.75) is 6.92 Å². The molecule has 0 radical (unpaired) electrons. The minimum atomic E-state index is -0.483. The van der Waals surface area contributed by atoms with Crippen molar-refractivity contribution in [2.24, 2.45) is 0 Å². The highest BCUT2D eigenvalue weighted by atomic mass is 35.5. The third kappa shape index (κ3) is 5.43. The fourth-order valence-corrected chi connectivity index (χ4v) is 2.68. The lowest BCUT2D eigenvalue weighted by Gasteiger charge is -2.09. The van der Waals surface area contributed by atoms with Gasteiger partial charge in [-0.15, -0.1) is 0 Å². The van der Waals surface area contributed by atoms with E-state index in [0.717, 1.165) is 5.56 Å². The molecule has 0 saturated carbocycles. The van der Waals surface area contributed by atoms with Crippen molar-refractivity contribution in [3.8, 4) is 0 Å². The lowest BCUT2D eigenvalue weighted by Crippen LogP contribution is -2.41. The summed E-state index contributed by atoms with van der Waals surface area (Å²) in [5.74, 6) is -1.18. The number of aryl methyl sites for hydroxylation is 1. The monoisotopic (exact) mass is 407 g/mol. The summed E-state index contributed by atoms with van der Waals surface area (Å²) in [6.07, 6.45) is 0. The third-order valence-corrected chi connectivity index (χ3v) is 4.33. The molecule has 29 heavy (non-hydrogen) atoms. The molecule has 0 unspecified atom stereocenters. The third-order valence-electron chi connectivity index (χ3n) is 4.08. The molecule has 146 valence electrons. The Morgan fingerprint density at radius 3 is 1.79 bits per heavy atom. The topological polar surface area (TPSA) is 87.3 Å². The zero-order valence-corrected chi connectivity index (χ0v) is 16.3. The van der Waals surface area contributed by atoms with E-state index >= 15 is 0 Å². The molecule has 0 aliphatic heterocycles. The van der Waals surface area contributed by atoms with Gasteiger partial charge in [-0.25, -0.2) is 0 Å². The summed E-state index contributed by atoms with van der Waals surface area (Å²) in [5.41, 5.74) is 7.48. The SMILES string of the molecule is Cc1cccc(C(=O)Nc2ccc(C(=O)NNC(=O)c3ccc(Cl)cc3)cc2)c1. The highest BCUT2D eigenvalue weighted by Crippen LogP contribution is 2.13. The molecule has 0 atom stereocenters. The van der Waals surface area contributed by atoms with Crippen molar-refractivity contribution < 1.29 is 14.4 Å². The average molecular weight is 408 g/mol. The molecule has 0 aliphatic carbocycles. The predicted molar refractivity (Wildman–Crippen MR) is 112 cm³/mol. The van der Waals surface area contributed by atoms with E-state index in [-0.39, 0.29) is 5.91 Å². The Balaban J connectivity index is 1.56. The summed E-state index contributed by atoms with van der Waals surface area (Å²) in [4.78, 5) is 36.5. The minimum Gasteiger partial charge on any atom is -0.322 e. The number of hydrazine groups is 1. The van der Waals surface area contributed by atoms with Gasteiger partial charge in [0, 0.05) is 27.4 Å². The molecule has 0 spiro atoms. The molecule has 6 nitrogen and oxygen atoms in total. The number of halogens is 1. The molecular weight excluding hydrogens is 390 g/mol. The summed E-state index contributed by atoms with van der Waals surface area (Å²) < 4.78 is 0. The van der Waals surface area contributed by atoms with Crippen molar-refractivity contribution in [2.75, 3.05) is 5.32 Å². The molecule has 3 rings (SSSR count). The van der Waals surface area contributed by atoms with Gasteiger partial charge in [-0.3, -0.25) is 25.2 Å². The highest BCUT2D eigenvalue weighted by Gasteiger charge is 2.10. The highest BCUT2D eigenvalue weighted by molar-refractivity contribution is 6.30. The van der Waals surface area contributed by atoms with Crippen LogP contribution in [0, 0.1) is 6.92 Å². The number of carbonyl (C=O) groups is 3. The first-order chi connectivity index (χ1) is 13.9. The maximum Gasteiger partial charge on any atom is 0.269 e. The number of hydrogen-bond donors (Lipinski definition) is 3. The molecule has 0 saturated heterocycles. The number of nitrogens with one attached hydrogen (secondary N) is 3. The standard InChI is InChI=1S/C22H18ClN3O3/c1-14-3-2-4-17(13-14)20(27)24-19-11-7-16(8-12-19)22(29)26-25-21(28)15-5-9-18(23)10-6-15/h2-13H,1H3,(H,24,27)(H,25,28)(H,26,29). The fraction of sp³-hybridized carbons (Fsp3) is 0.0455. The van der Waals surface area contributed by atoms with Gasteiger partial charge in [0.05, 0.1) is 0 Å². The van der Waals surface area contributed by atoms with E-state index in [1.807, 2.05) is 19.1 Å². The molecule has 0 heterocycles. The number of hydrogen-bond acceptors (Lipinski definition) is 3. The van der Waals surface area contributed by atoms with Crippen molar-refractivity contribution >= 4 is 35.0 Å². The van der Waals surface area contributed by atoms with E-state index in [0.29, 0.717) is 27.4 Å². The van der Waals surface area contributed by atoms with E-state index < -0.39 is 11.8 Å². The second-order valence-corrected chi connectivity index (χ2v) is 6.75. The van der Waals surface area contributed by atoms with Crippen LogP contribution in [0.15, 0.2) is 72.8 Å². The summed E-state index contributed by atoms with van der Waals surface area (Å²) in [7, 11) is 0. The van der Waals surface area contributed by atoms with E-state index in [4.69, 9.17) is 11.6 Å². The zero-order chi connectivity index (χ0) is 20.8. The maximum atomic E-state index is 12.3. The van der Waals surface area contributed by atoms with Crippen LogP contribution < -0.4 is 16.2 Å². The van der Waals surface area contributed by atoms with Crippen LogP contribution in [0.1, 0.15) is 36.6 Å². The van der Waals surface area contributed by atoms with E-state index in [9.17, 15) is 14.4 Å². The molecule has 3 N–H and O–H groups in total. The number of anilines is 1. The van der Waals surface area contributed by atoms with Crippen molar-refractivity contribution in [3.63, 3.8) is 0 Å². The summed E-state index contributed by atoms with van der Waals surface area (Å²) in [6, 6.07) is 19.9. The average Bonchev–Trinajstić information content (AvgIpc) is 2.73. The van der Waals surface area contributed by atoms with Gasteiger partial charge in [-0.1, -0.05) is 29.3 Å². The Labute approximate surface area is 172 Å². The predicted octanol–water partition coefficient (Wildman–Crippen LogP) is 3.98.